The number of carboxylic acid groups (broad SMARTS) is 1. The summed E-state index contributed by atoms with van der Waals surface area (Å²) in [7, 11) is 0. The third-order valence-electron chi connectivity index (χ3n) is 3.96. The van der Waals surface area contributed by atoms with Crippen LogP contribution in [0, 0.1) is 5.92 Å². The molecule has 1 amide bonds. The predicted molar refractivity (Wildman–Crippen MR) is 71.3 cm³/mol. The molecular formula is C14H23NO5. The first-order valence-corrected chi connectivity index (χ1v) is 7.36. The van der Waals surface area contributed by atoms with Gasteiger partial charge in [-0.25, -0.2) is 0 Å². The smallest absolute Gasteiger partial charge is 0.308 e. The molecule has 20 heavy (non-hydrogen) atoms. The molecule has 2 heterocycles. The van der Waals surface area contributed by atoms with Gasteiger partial charge in [-0.15, -0.1) is 0 Å². The highest BCUT2D eigenvalue weighted by molar-refractivity contribution is 5.78. The molecule has 2 aliphatic heterocycles. The van der Waals surface area contributed by atoms with Crippen molar-refractivity contribution >= 4 is 11.9 Å². The number of hydrogen-bond donors (Lipinski definition) is 1. The zero-order chi connectivity index (χ0) is 14.4. The van der Waals surface area contributed by atoms with E-state index in [1.807, 2.05) is 0 Å². The highest BCUT2D eigenvalue weighted by Gasteiger charge is 2.27. The monoisotopic (exact) mass is 285 g/mol. The Morgan fingerprint density at radius 2 is 2.00 bits per heavy atom. The fourth-order valence-corrected chi connectivity index (χ4v) is 2.72. The van der Waals surface area contributed by atoms with E-state index in [0.717, 1.165) is 32.5 Å². The molecule has 6 nitrogen and oxygen atoms in total. The van der Waals surface area contributed by atoms with Crippen LogP contribution < -0.4 is 0 Å². The van der Waals surface area contributed by atoms with E-state index in [4.69, 9.17) is 14.6 Å². The number of rotatable bonds is 5. The summed E-state index contributed by atoms with van der Waals surface area (Å²) in [5.41, 5.74) is 0. The average Bonchev–Trinajstić information content (AvgIpc) is 2.48. The second-order valence-electron chi connectivity index (χ2n) is 5.45. The third kappa shape index (κ3) is 4.45. The molecule has 0 saturated carbocycles. The largest absolute Gasteiger partial charge is 0.481 e. The second-order valence-corrected chi connectivity index (χ2v) is 5.45. The molecule has 6 heteroatoms. The van der Waals surface area contributed by atoms with Gasteiger partial charge < -0.3 is 19.5 Å². The maximum absolute atomic E-state index is 12.0. The normalized spacial score (nSPS) is 24.6. The van der Waals surface area contributed by atoms with Crippen LogP contribution in [0.2, 0.25) is 0 Å². The van der Waals surface area contributed by atoms with Crippen LogP contribution in [-0.4, -0.2) is 60.9 Å². The van der Waals surface area contributed by atoms with Gasteiger partial charge in [-0.2, -0.15) is 0 Å². The molecule has 1 atom stereocenters. The number of piperidine rings is 1. The van der Waals surface area contributed by atoms with Gasteiger partial charge in [0.1, 0.15) is 0 Å². The molecule has 0 radical (unpaired) electrons. The summed E-state index contributed by atoms with van der Waals surface area (Å²) in [6.07, 6.45) is 3.74. The highest BCUT2D eigenvalue weighted by Crippen LogP contribution is 2.17. The summed E-state index contributed by atoms with van der Waals surface area (Å²) in [6.45, 7) is 2.87. The molecule has 1 N–H and O–H groups in total. The Bertz CT molecular complexity index is 340. The van der Waals surface area contributed by atoms with Crippen LogP contribution >= 0.6 is 0 Å². The average molecular weight is 285 g/mol. The van der Waals surface area contributed by atoms with Crippen molar-refractivity contribution in [2.45, 2.75) is 38.2 Å². The zero-order valence-electron chi connectivity index (χ0n) is 11.8. The van der Waals surface area contributed by atoms with Gasteiger partial charge in [-0.1, -0.05) is 0 Å². The molecule has 0 aromatic heterocycles. The molecule has 1 unspecified atom stereocenters. The van der Waals surface area contributed by atoms with Crippen LogP contribution in [0.3, 0.4) is 0 Å². The summed E-state index contributed by atoms with van der Waals surface area (Å²) >= 11 is 0. The van der Waals surface area contributed by atoms with Crippen LogP contribution in [0.1, 0.15) is 32.1 Å². The number of carboxylic acids is 1. The topological polar surface area (TPSA) is 76.1 Å². The standard InChI is InChI=1S/C14H23NO5/c16-13(5-9-20-12-3-7-19-8-4-12)15-6-1-2-11(10-15)14(17)18/h11-12H,1-10H2,(H,17,18). The quantitative estimate of drug-likeness (QED) is 0.812. The fourth-order valence-electron chi connectivity index (χ4n) is 2.72. The first-order chi connectivity index (χ1) is 9.66. The van der Waals surface area contributed by atoms with Gasteiger partial charge in [-0.3, -0.25) is 9.59 Å². The minimum absolute atomic E-state index is 0.00279. The Labute approximate surface area is 119 Å². The Hall–Kier alpha value is -1.14. The summed E-state index contributed by atoms with van der Waals surface area (Å²) in [5.74, 6) is -1.21. The number of ether oxygens (including phenoxy) is 2. The second kappa shape index (κ2) is 7.59. The highest BCUT2D eigenvalue weighted by atomic mass is 16.5. The fraction of sp³-hybridized carbons (Fsp3) is 0.857. The van der Waals surface area contributed by atoms with Crippen molar-refractivity contribution in [2.75, 3.05) is 32.9 Å². The van der Waals surface area contributed by atoms with Crippen molar-refractivity contribution in [3.63, 3.8) is 0 Å². The van der Waals surface area contributed by atoms with Gasteiger partial charge in [0.2, 0.25) is 5.91 Å². The molecular weight excluding hydrogens is 262 g/mol. The van der Waals surface area contributed by atoms with E-state index in [9.17, 15) is 9.59 Å². The molecule has 114 valence electrons. The van der Waals surface area contributed by atoms with Gasteiger partial charge in [0.15, 0.2) is 0 Å². The zero-order valence-corrected chi connectivity index (χ0v) is 11.8. The molecule has 0 spiro atoms. The summed E-state index contributed by atoms with van der Waals surface area (Å²) in [6, 6.07) is 0. The van der Waals surface area contributed by atoms with Crippen molar-refractivity contribution in [3.8, 4) is 0 Å². The van der Waals surface area contributed by atoms with Gasteiger partial charge in [0, 0.05) is 26.3 Å². The molecule has 2 aliphatic rings. The van der Waals surface area contributed by atoms with Gasteiger partial charge in [0.25, 0.3) is 0 Å². The van der Waals surface area contributed by atoms with Crippen molar-refractivity contribution in [1.29, 1.82) is 0 Å². The lowest BCUT2D eigenvalue weighted by Gasteiger charge is -2.31. The Kier molecular flexibility index (Phi) is 5.79. The molecule has 2 rings (SSSR count). The van der Waals surface area contributed by atoms with Crippen molar-refractivity contribution in [1.82, 2.24) is 4.90 Å². The lowest BCUT2D eigenvalue weighted by atomic mass is 9.98. The summed E-state index contributed by atoms with van der Waals surface area (Å²) in [5, 5.41) is 9.01. The Balaban J connectivity index is 1.67. The molecule has 0 aliphatic carbocycles. The molecule has 2 saturated heterocycles. The SMILES string of the molecule is O=C(O)C1CCCN(C(=O)CCOC2CCOCC2)C1. The number of carbonyl (C=O) groups is 2. The van der Waals surface area contributed by atoms with E-state index in [0.29, 0.717) is 32.5 Å². The maximum Gasteiger partial charge on any atom is 0.308 e. The van der Waals surface area contributed by atoms with Gasteiger partial charge in [-0.05, 0) is 25.7 Å². The Morgan fingerprint density at radius 3 is 2.70 bits per heavy atom. The molecule has 0 aromatic carbocycles. The summed E-state index contributed by atoms with van der Waals surface area (Å²) in [4.78, 5) is 24.7. The minimum Gasteiger partial charge on any atom is -0.481 e. The lowest BCUT2D eigenvalue weighted by molar-refractivity contribution is -0.146. The molecule has 0 bridgehead atoms. The van der Waals surface area contributed by atoms with Crippen LogP contribution in [0.15, 0.2) is 0 Å². The number of aliphatic carboxylic acids is 1. The van der Waals surface area contributed by atoms with Crippen molar-refractivity contribution in [3.05, 3.63) is 0 Å². The minimum atomic E-state index is -0.805. The maximum atomic E-state index is 12.0. The van der Waals surface area contributed by atoms with E-state index < -0.39 is 11.9 Å². The molecule has 2 fully saturated rings. The molecule has 0 aromatic rings. The van der Waals surface area contributed by atoms with Crippen LogP contribution in [-0.2, 0) is 19.1 Å². The Morgan fingerprint density at radius 1 is 1.25 bits per heavy atom. The lowest BCUT2D eigenvalue weighted by Crippen LogP contribution is -2.42. The van der Waals surface area contributed by atoms with Crippen LogP contribution in [0.5, 0.6) is 0 Å². The van der Waals surface area contributed by atoms with E-state index in [1.165, 1.54) is 0 Å². The van der Waals surface area contributed by atoms with Crippen LogP contribution in [0.25, 0.3) is 0 Å². The number of carbonyl (C=O) groups excluding carboxylic acids is 1. The first-order valence-electron chi connectivity index (χ1n) is 7.36. The first kappa shape index (κ1) is 15.3. The van der Waals surface area contributed by atoms with E-state index in [-0.39, 0.29) is 12.0 Å². The number of hydrogen-bond acceptors (Lipinski definition) is 4. The van der Waals surface area contributed by atoms with Gasteiger partial charge >= 0.3 is 5.97 Å². The van der Waals surface area contributed by atoms with Gasteiger partial charge in [0.05, 0.1) is 25.0 Å². The van der Waals surface area contributed by atoms with Crippen molar-refractivity contribution in [2.24, 2.45) is 5.92 Å². The van der Waals surface area contributed by atoms with E-state index >= 15 is 0 Å². The predicted octanol–water partition coefficient (Wildman–Crippen LogP) is 0.895. The van der Waals surface area contributed by atoms with E-state index in [2.05, 4.69) is 0 Å². The summed E-state index contributed by atoms with van der Waals surface area (Å²) < 4.78 is 10.9. The number of amides is 1. The van der Waals surface area contributed by atoms with Crippen LogP contribution in [0.4, 0.5) is 0 Å². The number of likely N-dealkylation sites (tertiary alicyclic amines) is 1. The number of nitrogens with zero attached hydrogens (tertiary/aromatic N) is 1. The van der Waals surface area contributed by atoms with Crippen molar-refractivity contribution < 1.29 is 24.2 Å². The third-order valence-corrected chi connectivity index (χ3v) is 3.96. The van der Waals surface area contributed by atoms with E-state index in [1.54, 1.807) is 4.90 Å².